The van der Waals surface area contributed by atoms with Crippen molar-refractivity contribution < 1.29 is 9.53 Å². The number of hydrogen-bond donors (Lipinski definition) is 1. The van der Waals surface area contributed by atoms with Gasteiger partial charge in [-0.25, -0.2) is 4.79 Å². The van der Waals surface area contributed by atoms with E-state index in [-0.39, 0.29) is 12.1 Å². The van der Waals surface area contributed by atoms with Crippen molar-refractivity contribution in [3.63, 3.8) is 0 Å². The van der Waals surface area contributed by atoms with Gasteiger partial charge in [-0.2, -0.15) is 11.3 Å². The van der Waals surface area contributed by atoms with Crippen LogP contribution >= 0.6 is 11.3 Å². The van der Waals surface area contributed by atoms with Gasteiger partial charge in [-0.3, -0.25) is 0 Å². The summed E-state index contributed by atoms with van der Waals surface area (Å²) in [6, 6.07) is 2.07. The summed E-state index contributed by atoms with van der Waals surface area (Å²) in [5, 5.41) is 4.12. The minimum absolute atomic E-state index is 0.0127. The lowest BCUT2D eigenvalue weighted by Crippen LogP contribution is -2.36. The zero-order valence-electron chi connectivity index (χ0n) is 11.8. The van der Waals surface area contributed by atoms with E-state index in [2.05, 4.69) is 11.4 Å². The van der Waals surface area contributed by atoms with Crippen LogP contribution in [0.3, 0.4) is 0 Å². The maximum atomic E-state index is 12.0. The zero-order valence-corrected chi connectivity index (χ0v) is 12.6. The summed E-state index contributed by atoms with van der Waals surface area (Å²) in [5.74, 6) is 0.321. The van der Waals surface area contributed by atoms with Crippen LogP contribution in [0.15, 0.2) is 16.8 Å². The third-order valence-corrected chi connectivity index (χ3v) is 4.01. The van der Waals surface area contributed by atoms with Crippen LogP contribution in [0, 0.1) is 5.92 Å². The number of hydrogen-bond acceptors (Lipinski definition) is 4. The summed E-state index contributed by atoms with van der Waals surface area (Å²) in [6.07, 6.45) is 0.712. The van der Waals surface area contributed by atoms with Gasteiger partial charge in [0.05, 0.1) is 0 Å². The molecule has 1 fully saturated rings. The molecule has 0 radical (unpaired) electrons. The molecule has 106 valence electrons. The molecule has 0 spiro atoms. The zero-order chi connectivity index (χ0) is 14.0. The number of carbonyl (C=O) groups excluding carboxylic acids is 1. The van der Waals surface area contributed by atoms with Crippen LogP contribution < -0.4 is 5.73 Å². The van der Waals surface area contributed by atoms with E-state index in [9.17, 15) is 4.79 Å². The Balaban J connectivity index is 1.91. The standard InChI is InChI=1S/C14H22N2O2S/c1-14(2,3)18-13(17)16-6-4-10(8-16)12(15)11-5-7-19-9-11/h5,7,9-10,12H,4,6,8,15H2,1-3H3. The number of thiophene rings is 1. The van der Waals surface area contributed by atoms with Gasteiger partial charge in [0.15, 0.2) is 0 Å². The number of nitrogens with zero attached hydrogens (tertiary/aromatic N) is 1. The first-order chi connectivity index (χ1) is 8.87. The fourth-order valence-electron chi connectivity index (χ4n) is 2.31. The molecule has 5 heteroatoms. The highest BCUT2D eigenvalue weighted by molar-refractivity contribution is 7.07. The molecule has 2 N–H and O–H groups in total. The summed E-state index contributed by atoms with van der Waals surface area (Å²) in [7, 11) is 0. The van der Waals surface area contributed by atoms with Gasteiger partial charge in [-0.05, 0) is 55.5 Å². The smallest absolute Gasteiger partial charge is 0.410 e. The van der Waals surface area contributed by atoms with E-state index in [1.807, 2.05) is 26.2 Å². The first-order valence-corrected chi connectivity index (χ1v) is 7.57. The lowest BCUT2D eigenvalue weighted by Gasteiger charge is -2.25. The van der Waals surface area contributed by atoms with Crippen molar-refractivity contribution >= 4 is 17.4 Å². The Morgan fingerprint density at radius 1 is 1.58 bits per heavy atom. The molecule has 2 rings (SSSR count). The highest BCUT2D eigenvalue weighted by Crippen LogP contribution is 2.30. The quantitative estimate of drug-likeness (QED) is 0.907. The predicted octanol–water partition coefficient (Wildman–Crippen LogP) is 3.00. The lowest BCUT2D eigenvalue weighted by molar-refractivity contribution is 0.0286. The number of ether oxygens (including phenoxy) is 1. The molecule has 2 atom stereocenters. The molecule has 2 heterocycles. The Kier molecular flexibility index (Phi) is 4.16. The molecular formula is C14H22N2O2S. The van der Waals surface area contributed by atoms with Crippen LogP contribution in [-0.2, 0) is 4.74 Å². The van der Waals surface area contributed by atoms with Gasteiger partial charge in [0, 0.05) is 19.1 Å². The van der Waals surface area contributed by atoms with Crippen LogP contribution in [0.1, 0.15) is 38.8 Å². The minimum atomic E-state index is -0.440. The number of nitrogens with two attached hydrogens (primary N) is 1. The Morgan fingerprint density at radius 2 is 2.32 bits per heavy atom. The second kappa shape index (κ2) is 5.51. The molecule has 19 heavy (non-hydrogen) atoms. The molecule has 2 unspecified atom stereocenters. The van der Waals surface area contributed by atoms with Crippen molar-refractivity contribution in [1.29, 1.82) is 0 Å². The second-order valence-electron chi connectivity index (χ2n) is 6.06. The monoisotopic (exact) mass is 282 g/mol. The van der Waals surface area contributed by atoms with Gasteiger partial charge in [0.2, 0.25) is 0 Å². The third-order valence-electron chi connectivity index (χ3n) is 3.31. The Bertz CT molecular complexity index is 425. The summed E-state index contributed by atoms with van der Waals surface area (Å²) in [6.45, 7) is 7.07. The molecular weight excluding hydrogens is 260 g/mol. The van der Waals surface area contributed by atoms with E-state index in [0.717, 1.165) is 13.0 Å². The molecule has 0 aliphatic carbocycles. The maximum absolute atomic E-state index is 12.0. The largest absolute Gasteiger partial charge is 0.444 e. The van der Waals surface area contributed by atoms with E-state index in [1.54, 1.807) is 16.2 Å². The van der Waals surface area contributed by atoms with E-state index >= 15 is 0 Å². The SMILES string of the molecule is CC(C)(C)OC(=O)N1CCC(C(N)c2ccsc2)C1. The molecule has 1 aliphatic heterocycles. The topological polar surface area (TPSA) is 55.6 Å². The number of amides is 1. The van der Waals surface area contributed by atoms with Gasteiger partial charge in [-0.15, -0.1) is 0 Å². The summed E-state index contributed by atoms with van der Waals surface area (Å²) >= 11 is 1.66. The summed E-state index contributed by atoms with van der Waals surface area (Å²) < 4.78 is 5.39. The fraction of sp³-hybridized carbons (Fsp3) is 0.643. The highest BCUT2D eigenvalue weighted by Gasteiger charge is 2.33. The molecule has 0 bridgehead atoms. The van der Waals surface area contributed by atoms with Crippen LogP contribution in [-0.4, -0.2) is 29.7 Å². The first kappa shape index (κ1) is 14.3. The predicted molar refractivity (Wildman–Crippen MR) is 77.2 cm³/mol. The van der Waals surface area contributed by atoms with E-state index in [1.165, 1.54) is 5.56 Å². The fourth-order valence-corrected chi connectivity index (χ4v) is 3.02. The summed E-state index contributed by atoms with van der Waals surface area (Å²) in [5.41, 5.74) is 6.99. The van der Waals surface area contributed by atoms with Crippen molar-refractivity contribution in [3.8, 4) is 0 Å². The van der Waals surface area contributed by atoms with Crippen LogP contribution in [0.4, 0.5) is 4.79 Å². The van der Waals surface area contributed by atoms with E-state index in [4.69, 9.17) is 10.5 Å². The molecule has 0 saturated carbocycles. The molecule has 1 amide bonds. The van der Waals surface area contributed by atoms with Crippen molar-refractivity contribution in [2.24, 2.45) is 11.7 Å². The number of likely N-dealkylation sites (tertiary alicyclic amines) is 1. The maximum Gasteiger partial charge on any atom is 0.410 e. The van der Waals surface area contributed by atoms with Gasteiger partial charge < -0.3 is 15.4 Å². The number of carbonyl (C=O) groups is 1. The average molecular weight is 282 g/mol. The summed E-state index contributed by atoms with van der Waals surface area (Å²) in [4.78, 5) is 13.7. The van der Waals surface area contributed by atoms with Crippen molar-refractivity contribution in [2.45, 2.75) is 38.8 Å². The van der Waals surface area contributed by atoms with E-state index < -0.39 is 5.60 Å². The highest BCUT2D eigenvalue weighted by atomic mass is 32.1. The van der Waals surface area contributed by atoms with Crippen molar-refractivity contribution in [3.05, 3.63) is 22.4 Å². The Morgan fingerprint density at radius 3 is 2.89 bits per heavy atom. The van der Waals surface area contributed by atoms with Gasteiger partial charge in [0.25, 0.3) is 0 Å². The molecule has 4 nitrogen and oxygen atoms in total. The molecule has 1 aromatic heterocycles. The van der Waals surface area contributed by atoms with Crippen LogP contribution in [0.25, 0.3) is 0 Å². The molecule has 1 aliphatic rings. The molecule has 1 aromatic rings. The minimum Gasteiger partial charge on any atom is -0.444 e. The normalized spacial score (nSPS) is 21.5. The van der Waals surface area contributed by atoms with Crippen LogP contribution in [0.5, 0.6) is 0 Å². The third kappa shape index (κ3) is 3.70. The Hall–Kier alpha value is -1.07. The average Bonchev–Trinajstić information content (AvgIpc) is 2.98. The van der Waals surface area contributed by atoms with Gasteiger partial charge in [-0.1, -0.05) is 0 Å². The second-order valence-corrected chi connectivity index (χ2v) is 6.84. The van der Waals surface area contributed by atoms with E-state index in [0.29, 0.717) is 12.5 Å². The molecule has 1 saturated heterocycles. The van der Waals surface area contributed by atoms with Crippen LogP contribution in [0.2, 0.25) is 0 Å². The van der Waals surface area contributed by atoms with Crippen molar-refractivity contribution in [2.75, 3.05) is 13.1 Å². The van der Waals surface area contributed by atoms with Gasteiger partial charge >= 0.3 is 6.09 Å². The lowest BCUT2D eigenvalue weighted by atomic mass is 9.95. The molecule has 0 aromatic carbocycles. The first-order valence-electron chi connectivity index (χ1n) is 6.62. The Labute approximate surface area is 118 Å². The van der Waals surface area contributed by atoms with Crippen molar-refractivity contribution in [1.82, 2.24) is 4.90 Å². The number of rotatable bonds is 2. The van der Waals surface area contributed by atoms with Gasteiger partial charge in [0.1, 0.15) is 5.60 Å².